The van der Waals surface area contributed by atoms with Crippen molar-refractivity contribution in [3.05, 3.63) is 0 Å². The van der Waals surface area contributed by atoms with Gasteiger partial charge in [0.25, 0.3) is 0 Å². The topological polar surface area (TPSA) is 111 Å². The van der Waals surface area contributed by atoms with Gasteiger partial charge in [-0.2, -0.15) is 0 Å². The molecule has 0 amide bonds. The van der Waals surface area contributed by atoms with E-state index in [0.717, 1.165) is 97.1 Å². The smallest absolute Gasteiger partial charge is 0.0667 e. The molecule has 0 aliphatic carbocycles. The summed E-state index contributed by atoms with van der Waals surface area (Å²) in [5, 5.41) is 52.0. The maximum absolute atomic E-state index is 11.2. The molecule has 0 aromatic heterocycles. The molecule has 8 heteroatoms. The Hall–Kier alpha value is -0.320. The average Bonchev–Trinajstić information content (AvgIpc) is 3.53. The first-order chi connectivity index (χ1) is 41.4. The summed E-state index contributed by atoms with van der Waals surface area (Å²) in [4.78, 5) is 4.74. The third-order valence-electron chi connectivity index (χ3n) is 18.6. The largest absolute Gasteiger partial charge is 0.392 e. The van der Waals surface area contributed by atoms with E-state index in [1.165, 1.54) is 315 Å². The number of rotatable bonds is 75. The summed E-state index contributed by atoms with van der Waals surface area (Å²) in [5.74, 6) is 0. The van der Waals surface area contributed by atoms with Gasteiger partial charge in [0.2, 0.25) is 0 Å². The molecule has 0 saturated carbocycles. The maximum Gasteiger partial charge on any atom is 0.0667 e. The van der Waals surface area contributed by atoms with Crippen molar-refractivity contribution in [1.29, 1.82) is 0 Å². The SMILES string of the molecule is CCCCCCCCCCCCCCC(O)CN(CCCCCNCCCCCNCCN(CC(O)CCCCCCCCCCCCCC)CC(O)CCCCCCCCCCCCCC)CC(O)CCCCCCCCCCCCCC. The molecular formula is C76H158N4O4. The van der Waals surface area contributed by atoms with Gasteiger partial charge in [-0.3, -0.25) is 9.80 Å². The van der Waals surface area contributed by atoms with Gasteiger partial charge in [0.15, 0.2) is 0 Å². The lowest BCUT2D eigenvalue weighted by Crippen LogP contribution is -2.41. The van der Waals surface area contributed by atoms with E-state index in [1.807, 2.05) is 0 Å². The Bertz CT molecular complexity index is 1020. The third-order valence-corrected chi connectivity index (χ3v) is 18.6. The highest BCUT2D eigenvalue weighted by atomic mass is 16.3. The zero-order valence-electron chi connectivity index (χ0n) is 58.1. The first kappa shape index (κ1) is 83.7. The van der Waals surface area contributed by atoms with Gasteiger partial charge in [-0.25, -0.2) is 0 Å². The van der Waals surface area contributed by atoms with Crippen LogP contribution in [0.2, 0.25) is 0 Å². The van der Waals surface area contributed by atoms with Crippen LogP contribution in [0.3, 0.4) is 0 Å². The fourth-order valence-electron chi connectivity index (χ4n) is 12.9. The Balaban J connectivity index is 4.62. The molecule has 0 fully saturated rings. The van der Waals surface area contributed by atoms with Crippen LogP contribution in [0, 0.1) is 0 Å². The lowest BCUT2D eigenvalue weighted by atomic mass is 10.0. The van der Waals surface area contributed by atoms with E-state index in [2.05, 4.69) is 48.1 Å². The van der Waals surface area contributed by atoms with Crippen LogP contribution < -0.4 is 10.6 Å². The molecule has 0 aromatic rings. The minimum atomic E-state index is -0.315. The molecule has 0 aliphatic rings. The molecule has 0 radical (unpaired) electrons. The molecule has 8 nitrogen and oxygen atoms in total. The molecule has 0 rings (SSSR count). The summed E-state index contributed by atoms with van der Waals surface area (Å²) in [5.41, 5.74) is 0. The molecule has 0 aliphatic heterocycles. The number of aliphatic hydroxyl groups excluding tert-OH is 4. The van der Waals surface area contributed by atoms with Crippen molar-refractivity contribution in [2.75, 3.05) is 65.4 Å². The monoisotopic (exact) mass is 1190 g/mol. The van der Waals surface area contributed by atoms with Gasteiger partial charge in [0, 0.05) is 39.3 Å². The molecule has 4 unspecified atom stereocenters. The molecule has 506 valence electrons. The second kappa shape index (κ2) is 71.8. The third kappa shape index (κ3) is 67.6. The number of hydrogen-bond acceptors (Lipinski definition) is 8. The molecule has 0 aromatic carbocycles. The number of nitrogens with zero attached hydrogens (tertiary/aromatic N) is 2. The van der Waals surface area contributed by atoms with Gasteiger partial charge in [0.05, 0.1) is 24.4 Å². The zero-order valence-corrected chi connectivity index (χ0v) is 58.1. The van der Waals surface area contributed by atoms with E-state index in [9.17, 15) is 20.4 Å². The van der Waals surface area contributed by atoms with Crippen LogP contribution in [-0.4, -0.2) is 120 Å². The fraction of sp³-hybridized carbons (Fsp3) is 1.00. The fourth-order valence-corrected chi connectivity index (χ4v) is 12.9. The summed E-state index contributed by atoms with van der Waals surface area (Å²) in [6.45, 7) is 17.8. The van der Waals surface area contributed by atoms with Crippen LogP contribution in [-0.2, 0) is 0 Å². The van der Waals surface area contributed by atoms with Crippen LogP contribution in [0.25, 0.3) is 0 Å². The summed E-state index contributed by atoms with van der Waals surface area (Å²) < 4.78 is 0. The minimum absolute atomic E-state index is 0.297. The van der Waals surface area contributed by atoms with E-state index < -0.39 is 0 Å². The van der Waals surface area contributed by atoms with Crippen LogP contribution in [0.4, 0.5) is 0 Å². The average molecular weight is 1190 g/mol. The predicted molar refractivity (Wildman–Crippen MR) is 373 cm³/mol. The van der Waals surface area contributed by atoms with Gasteiger partial charge >= 0.3 is 0 Å². The Morgan fingerprint density at radius 1 is 0.202 bits per heavy atom. The van der Waals surface area contributed by atoms with Crippen molar-refractivity contribution in [2.24, 2.45) is 0 Å². The summed E-state index contributed by atoms with van der Waals surface area (Å²) in [6, 6.07) is 0. The van der Waals surface area contributed by atoms with Gasteiger partial charge in [-0.15, -0.1) is 0 Å². The number of unbranched alkanes of at least 4 members (excludes halogenated alkanes) is 48. The lowest BCUT2D eigenvalue weighted by molar-refractivity contribution is 0.0595. The Morgan fingerprint density at radius 2 is 0.381 bits per heavy atom. The molecule has 84 heavy (non-hydrogen) atoms. The molecular weight excluding hydrogens is 1030 g/mol. The summed E-state index contributed by atoms with van der Waals surface area (Å²) in [7, 11) is 0. The molecule has 0 heterocycles. The Kier molecular flexibility index (Phi) is 71.5. The van der Waals surface area contributed by atoms with E-state index in [1.54, 1.807) is 0 Å². The zero-order chi connectivity index (χ0) is 61.0. The van der Waals surface area contributed by atoms with E-state index in [4.69, 9.17) is 0 Å². The maximum atomic E-state index is 11.2. The summed E-state index contributed by atoms with van der Waals surface area (Å²) in [6.07, 6.45) is 73.7. The minimum Gasteiger partial charge on any atom is -0.392 e. The van der Waals surface area contributed by atoms with Gasteiger partial charge < -0.3 is 31.1 Å². The lowest BCUT2D eigenvalue weighted by Gasteiger charge is -2.27. The number of aliphatic hydroxyl groups is 4. The van der Waals surface area contributed by atoms with Crippen LogP contribution in [0.1, 0.15) is 400 Å². The van der Waals surface area contributed by atoms with Crippen LogP contribution in [0.15, 0.2) is 0 Å². The molecule has 0 spiro atoms. The van der Waals surface area contributed by atoms with Crippen molar-refractivity contribution < 1.29 is 20.4 Å². The first-order valence-electron chi connectivity index (χ1n) is 38.9. The van der Waals surface area contributed by atoms with Gasteiger partial charge in [-0.1, -0.05) is 349 Å². The van der Waals surface area contributed by atoms with Crippen LogP contribution in [0.5, 0.6) is 0 Å². The Morgan fingerprint density at radius 3 is 0.619 bits per heavy atom. The van der Waals surface area contributed by atoms with Crippen molar-refractivity contribution >= 4 is 0 Å². The quantitative estimate of drug-likeness (QED) is 0.0334. The highest BCUT2D eigenvalue weighted by molar-refractivity contribution is 4.73. The number of nitrogens with one attached hydrogen (secondary N) is 2. The van der Waals surface area contributed by atoms with Gasteiger partial charge in [0.1, 0.15) is 0 Å². The summed E-state index contributed by atoms with van der Waals surface area (Å²) >= 11 is 0. The standard InChI is InChI=1S/C76H158N4O4/c1-5-9-13-17-21-25-29-33-37-41-45-51-59-73(81)69-79(70-74(82)60-52-46-42-38-34-30-26-22-18-14-10-6-2)67-58-50-57-64-77-63-55-49-56-65-78-66-68-80(71-75(83)61-53-47-43-39-35-31-27-23-19-15-11-7-3)72-76(84)62-54-48-44-40-36-32-28-24-20-16-12-8-4/h73-78,81-84H,5-72H2,1-4H3. The van der Waals surface area contributed by atoms with Crippen molar-refractivity contribution in [3.63, 3.8) is 0 Å². The van der Waals surface area contributed by atoms with Gasteiger partial charge in [-0.05, 0) is 77.5 Å². The predicted octanol–water partition coefficient (Wildman–Crippen LogP) is 20.9. The van der Waals surface area contributed by atoms with E-state index in [-0.39, 0.29) is 24.4 Å². The normalized spacial score (nSPS) is 13.5. The second-order valence-electron chi connectivity index (χ2n) is 27.5. The van der Waals surface area contributed by atoms with E-state index >= 15 is 0 Å². The Labute approximate surface area is 528 Å². The molecule has 0 saturated heterocycles. The highest BCUT2D eigenvalue weighted by Gasteiger charge is 2.18. The second-order valence-corrected chi connectivity index (χ2v) is 27.5. The number of hydrogen-bond donors (Lipinski definition) is 6. The first-order valence-corrected chi connectivity index (χ1v) is 38.9. The van der Waals surface area contributed by atoms with Crippen molar-refractivity contribution in [3.8, 4) is 0 Å². The van der Waals surface area contributed by atoms with E-state index in [0.29, 0.717) is 26.2 Å². The van der Waals surface area contributed by atoms with Crippen molar-refractivity contribution in [1.82, 2.24) is 20.4 Å². The molecule has 0 bridgehead atoms. The van der Waals surface area contributed by atoms with Crippen molar-refractivity contribution in [2.45, 2.75) is 425 Å². The highest BCUT2D eigenvalue weighted by Crippen LogP contribution is 2.19. The molecule has 6 N–H and O–H groups in total. The molecule has 4 atom stereocenters. The van der Waals surface area contributed by atoms with Crippen LogP contribution >= 0.6 is 0 Å².